The summed E-state index contributed by atoms with van der Waals surface area (Å²) in [5, 5.41) is 13.1. The normalized spacial score (nSPS) is 15.7. The summed E-state index contributed by atoms with van der Waals surface area (Å²) >= 11 is 5.00. The molecule has 2 aromatic rings. The highest BCUT2D eigenvalue weighted by molar-refractivity contribution is 7.89. The van der Waals surface area contributed by atoms with Gasteiger partial charge >= 0.3 is 6.09 Å². The molecule has 1 aliphatic heterocycles. The van der Waals surface area contributed by atoms with Crippen molar-refractivity contribution in [1.29, 1.82) is 0 Å². The van der Waals surface area contributed by atoms with Gasteiger partial charge < -0.3 is 10.1 Å². The molecule has 1 fully saturated rings. The van der Waals surface area contributed by atoms with Gasteiger partial charge in [-0.1, -0.05) is 0 Å². The lowest BCUT2D eigenvalue weighted by Crippen LogP contribution is -2.58. The van der Waals surface area contributed by atoms with Gasteiger partial charge in [-0.15, -0.1) is 10.2 Å². The summed E-state index contributed by atoms with van der Waals surface area (Å²) < 4.78 is 32.0. The number of nitrogens with one attached hydrogen (secondary N) is 2. The van der Waals surface area contributed by atoms with Crippen LogP contribution in [0, 0.1) is 0 Å². The van der Waals surface area contributed by atoms with Crippen LogP contribution < -0.4 is 10.6 Å². The van der Waals surface area contributed by atoms with Crippen molar-refractivity contribution in [3.05, 3.63) is 30.6 Å². The quantitative estimate of drug-likeness (QED) is 0.659. The fourth-order valence-electron chi connectivity index (χ4n) is 2.88. The van der Waals surface area contributed by atoms with Crippen molar-refractivity contribution in [1.82, 2.24) is 24.8 Å². The fraction of sp³-hybridized carbons (Fsp3) is 0.389. The number of rotatable bonds is 5. The number of carbonyl (C=O) groups is 1. The van der Waals surface area contributed by atoms with Crippen LogP contribution in [-0.4, -0.2) is 57.8 Å². The van der Waals surface area contributed by atoms with Gasteiger partial charge in [0.25, 0.3) is 0 Å². The average molecular weight is 451 g/mol. The molecule has 0 atom stereocenters. The second-order valence-electron chi connectivity index (χ2n) is 7.15. The Morgan fingerprint density at radius 3 is 2.63 bits per heavy atom. The third-order valence-corrected chi connectivity index (χ3v) is 6.88. The Kier molecular flexibility index (Phi) is 6.29. The van der Waals surface area contributed by atoms with Crippen LogP contribution in [0.25, 0.3) is 11.3 Å². The van der Waals surface area contributed by atoms with Crippen LogP contribution in [0.4, 0.5) is 10.6 Å². The molecule has 3 rings (SSSR count). The zero-order chi connectivity index (χ0) is 21.9. The number of alkyl carbamates (subject to hydrolysis) is 1. The number of nitrogens with zero attached hydrogens (tertiary/aromatic N) is 4. The molecular weight excluding hydrogens is 428 g/mol. The number of carbonyl (C=O) groups excluding carboxylic acids is 1. The lowest BCUT2D eigenvalue weighted by atomic mass is 9.93. The molecule has 3 heterocycles. The van der Waals surface area contributed by atoms with Gasteiger partial charge in [0, 0.05) is 30.0 Å². The zero-order valence-electron chi connectivity index (χ0n) is 16.7. The minimum absolute atomic E-state index is 0.0161. The Morgan fingerprint density at radius 2 is 2.07 bits per heavy atom. The molecule has 0 aliphatic carbocycles. The van der Waals surface area contributed by atoms with Gasteiger partial charge in [0.05, 0.1) is 12.3 Å². The van der Waals surface area contributed by atoms with Gasteiger partial charge in [0.2, 0.25) is 10.0 Å². The van der Waals surface area contributed by atoms with E-state index in [0.29, 0.717) is 23.6 Å². The number of pyridine rings is 1. The van der Waals surface area contributed by atoms with E-state index in [4.69, 9.17) is 17.0 Å². The van der Waals surface area contributed by atoms with Crippen molar-refractivity contribution in [2.24, 2.45) is 0 Å². The third kappa shape index (κ3) is 4.71. The second-order valence-corrected chi connectivity index (χ2v) is 9.42. The van der Waals surface area contributed by atoms with Crippen LogP contribution in [0.1, 0.15) is 27.2 Å². The number of anilines is 1. The highest BCUT2D eigenvalue weighted by Crippen LogP contribution is 2.35. The summed E-state index contributed by atoms with van der Waals surface area (Å²) in [6.45, 7) is 6.17. The lowest BCUT2D eigenvalue weighted by Gasteiger charge is -2.46. The van der Waals surface area contributed by atoms with Crippen molar-refractivity contribution >= 4 is 39.3 Å². The highest BCUT2D eigenvalue weighted by atomic mass is 32.2. The Bertz CT molecular complexity index is 1060. The largest absolute Gasteiger partial charge is 0.450 e. The predicted octanol–water partition coefficient (Wildman–Crippen LogP) is 2.15. The maximum Gasteiger partial charge on any atom is 0.413 e. The summed E-state index contributed by atoms with van der Waals surface area (Å²) in [6.07, 6.45) is 2.99. The molecule has 0 saturated carbocycles. The molecule has 30 heavy (non-hydrogen) atoms. The van der Waals surface area contributed by atoms with E-state index in [1.165, 1.54) is 22.8 Å². The predicted molar refractivity (Wildman–Crippen MR) is 114 cm³/mol. The topological polar surface area (TPSA) is 126 Å². The highest BCUT2D eigenvalue weighted by Gasteiger charge is 2.44. The first-order valence-electron chi connectivity index (χ1n) is 9.20. The molecule has 1 aliphatic rings. The molecule has 2 aromatic heterocycles. The van der Waals surface area contributed by atoms with Crippen LogP contribution >= 0.6 is 12.2 Å². The molecule has 12 heteroatoms. The van der Waals surface area contributed by atoms with E-state index in [1.807, 2.05) is 13.8 Å². The summed E-state index contributed by atoms with van der Waals surface area (Å²) in [6, 6.07) is 4.77. The minimum atomic E-state index is -3.64. The average Bonchev–Trinajstić information content (AvgIpc) is 2.67. The first-order chi connectivity index (χ1) is 14.1. The van der Waals surface area contributed by atoms with Crippen molar-refractivity contribution in [3.8, 4) is 11.3 Å². The number of ether oxygens (including phenoxy) is 1. The van der Waals surface area contributed by atoms with Crippen molar-refractivity contribution in [2.75, 3.05) is 18.5 Å². The van der Waals surface area contributed by atoms with Crippen molar-refractivity contribution in [3.63, 3.8) is 0 Å². The number of amides is 1. The summed E-state index contributed by atoms with van der Waals surface area (Å²) in [4.78, 5) is 15.5. The molecule has 0 radical (unpaired) electrons. The molecule has 0 bridgehead atoms. The van der Waals surface area contributed by atoms with E-state index in [1.54, 1.807) is 19.1 Å². The van der Waals surface area contributed by atoms with E-state index >= 15 is 0 Å². The third-order valence-electron chi connectivity index (χ3n) is 4.60. The monoisotopic (exact) mass is 450 g/mol. The van der Waals surface area contributed by atoms with E-state index < -0.39 is 21.7 Å². The van der Waals surface area contributed by atoms with Crippen LogP contribution in [0.5, 0.6) is 0 Å². The Morgan fingerprint density at radius 1 is 1.30 bits per heavy atom. The molecule has 0 spiro atoms. The van der Waals surface area contributed by atoms with Gasteiger partial charge in [-0.3, -0.25) is 10.3 Å². The van der Waals surface area contributed by atoms with Gasteiger partial charge in [-0.2, -0.15) is 4.31 Å². The number of hydrogen-bond donors (Lipinski definition) is 2. The second kappa shape index (κ2) is 8.58. The molecule has 0 aromatic carbocycles. The number of aromatic nitrogens is 3. The van der Waals surface area contributed by atoms with Gasteiger partial charge in [-0.25, -0.2) is 13.2 Å². The maximum absolute atomic E-state index is 12.9. The summed E-state index contributed by atoms with van der Waals surface area (Å²) in [5.41, 5.74) is 0.552. The zero-order valence-corrected chi connectivity index (χ0v) is 18.4. The first kappa shape index (κ1) is 22.0. The molecule has 1 saturated heterocycles. The lowest BCUT2D eigenvalue weighted by molar-refractivity contribution is 0.110. The molecular formula is C18H22N6O4S2. The van der Waals surface area contributed by atoms with E-state index in [-0.39, 0.29) is 16.6 Å². The maximum atomic E-state index is 12.9. The van der Waals surface area contributed by atoms with Gasteiger partial charge in [0.1, 0.15) is 4.90 Å². The number of sulfonamides is 1. The van der Waals surface area contributed by atoms with Gasteiger partial charge in [-0.05, 0) is 57.6 Å². The van der Waals surface area contributed by atoms with Crippen LogP contribution in [-0.2, 0) is 14.8 Å². The molecule has 10 nitrogen and oxygen atoms in total. The minimum Gasteiger partial charge on any atom is -0.450 e. The first-order valence-corrected chi connectivity index (χ1v) is 11.0. The van der Waals surface area contributed by atoms with E-state index in [0.717, 1.165) is 6.42 Å². The van der Waals surface area contributed by atoms with Crippen LogP contribution in [0.2, 0.25) is 0 Å². The van der Waals surface area contributed by atoms with Crippen LogP contribution in [0.3, 0.4) is 0 Å². The standard InChI is InChI=1S/C18H22N6O4S2/c1-4-28-17(25)21-16(29)20-15-6-5-14(22-23-15)12-9-13(11-19-10-12)30(26,27)24-8-7-18(24,2)3/h5-6,9-11H,4,7-8H2,1-3H3,(H2,20,21,23,25,29). The summed E-state index contributed by atoms with van der Waals surface area (Å²) in [7, 11) is -3.64. The SMILES string of the molecule is CCOC(=O)NC(=S)Nc1ccc(-c2cncc(S(=O)(=O)N3CCC3(C)C)c2)nn1. The number of hydrogen-bond acceptors (Lipinski definition) is 8. The van der Waals surface area contributed by atoms with Crippen LogP contribution in [0.15, 0.2) is 35.5 Å². The van der Waals surface area contributed by atoms with Crippen molar-refractivity contribution < 1.29 is 17.9 Å². The van der Waals surface area contributed by atoms with Gasteiger partial charge in [0.15, 0.2) is 10.9 Å². The number of thiocarbonyl (C=S) groups is 1. The van der Waals surface area contributed by atoms with Crippen molar-refractivity contribution in [2.45, 2.75) is 37.6 Å². The molecule has 2 N–H and O–H groups in total. The smallest absolute Gasteiger partial charge is 0.413 e. The Hall–Kier alpha value is -2.70. The Balaban J connectivity index is 1.74. The fourth-order valence-corrected chi connectivity index (χ4v) is 4.87. The Labute approximate surface area is 180 Å². The summed E-state index contributed by atoms with van der Waals surface area (Å²) in [5.74, 6) is 0.305. The van der Waals surface area contributed by atoms with E-state index in [9.17, 15) is 13.2 Å². The molecule has 160 valence electrons. The molecule has 0 unspecified atom stereocenters. The van der Waals surface area contributed by atoms with E-state index in [2.05, 4.69) is 25.8 Å². The molecule has 1 amide bonds.